The third-order valence-electron chi connectivity index (χ3n) is 4.26. The van der Waals surface area contributed by atoms with E-state index in [4.69, 9.17) is 23.2 Å². The van der Waals surface area contributed by atoms with E-state index in [9.17, 15) is 19.2 Å². The van der Waals surface area contributed by atoms with Gasteiger partial charge in [-0.15, -0.1) is 0 Å². The van der Waals surface area contributed by atoms with Gasteiger partial charge in [0.05, 0.1) is 29.3 Å². The smallest absolute Gasteiger partial charge is 0.354 e. The fourth-order valence-corrected chi connectivity index (χ4v) is 3.41. The maximum Gasteiger partial charge on any atom is 0.354 e. The molecule has 1 fully saturated rings. The Morgan fingerprint density at radius 2 is 1.88 bits per heavy atom. The van der Waals surface area contributed by atoms with E-state index in [-0.39, 0.29) is 34.3 Å². The highest BCUT2D eigenvalue weighted by atomic mass is 35.5. The zero-order valence-electron chi connectivity index (χ0n) is 13.8. The number of anilines is 1. The van der Waals surface area contributed by atoms with Crippen LogP contribution in [0.1, 0.15) is 19.8 Å². The lowest BCUT2D eigenvalue weighted by Gasteiger charge is -2.28. The Hall–Kier alpha value is -2.45. The van der Waals surface area contributed by atoms with E-state index < -0.39 is 29.2 Å². The van der Waals surface area contributed by atoms with Crippen LogP contribution in [0.5, 0.6) is 0 Å². The molecule has 3 rings (SSSR count). The second kappa shape index (κ2) is 6.37. The molecular formula is C16H13Cl2N3O5. The molecular weight excluding hydrogens is 385 g/mol. The van der Waals surface area contributed by atoms with Gasteiger partial charge in [0.15, 0.2) is 5.54 Å². The number of amides is 3. The molecule has 1 aromatic rings. The number of methoxy groups -OCH3 is 1. The fraction of sp³-hybridized carbons (Fsp3) is 0.312. The lowest BCUT2D eigenvalue weighted by atomic mass is 9.91. The topological polar surface area (TPSA) is 96.3 Å². The van der Waals surface area contributed by atoms with Gasteiger partial charge in [0, 0.05) is 13.3 Å². The van der Waals surface area contributed by atoms with E-state index in [1.807, 2.05) is 0 Å². The first-order valence-electron chi connectivity index (χ1n) is 7.50. The SMILES string of the molecule is COC(=O)C1=NN(C(C)=O)C2(CC(=O)N(c3ccc(Cl)c(Cl)c3)C2=O)C1. The summed E-state index contributed by atoms with van der Waals surface area (Å²) in [6.07, 6.45) is -0.517. The summed E-state index contributed by atoms with van der Waals surface area (Å²) in [6.45, 7) is 1.20. The van der Waals surface area contributed by atoms with Crippen LogP contribution in [0.25, 0.3) is 0 Å². The molecule has 1 aromatic carbocycles. The maximum absolute atomic E-state index is 13.1. The van der Waals surface area contributed by atoms with Crippen LogP contribution in [0, 0.1) is 0 Å². The van der Waals surface area contributed by atoms with E-state index in [0.29, 0.717) is 0 Å². The minimum absolute atomic E-state index is 0.0974. The van der Waals surface area contributed by atoms with Crippen LogP contribution in [-0.2, 0) is 23.9 Å². The lowest BCUT2D eigenvalue weighted by molar-refractivity contribution is -0.141. The second-order valence-electron chi connectivity index (χ2n) is 5.89. The van der Waals surface area contributed by atoms with Gasteiger partial charge in [-0.2, -0.15) is 5.10 Å². The van der Waals surface area contributed by atoms with Gasteiger partial charge in [-0.05, 0) is 18.2 Å². The number of esters is 1. The van der Waals surface area contributed by atoms with Gasteiger partial charge in [-0.1, -0.05) is 23.2 Å². The third kappa shape index (κ3) is 2.65. The first kappa shape index (κ1) is 18.3. The van der Waals surface area contributed by atoms with Gasteiger partial charge in [0.25, 0.3) is 5.91 Å². The molecule has 2 aliphatic heterocycles. The number of imide groups is 1. The first-order valence-corrected chi connectivity index (χ1v) is 8.26. The van der Waals surface area contributed by atoms with Crippen molar-refractivity contribution in [1.82, 2.24) is 5.01 Å². The molecule has 8 nitrogen and oxygen atoms in total. The summed E-state index contributed by atoms with van der Waals surface area (Å²) in [5, 5.41) is 5.25. The van der Waals surface area contributed by atoms with Crippen molar-refractivity contribution >= 4 is 58.3 Å². The molecule has 1 spiro atoms. The predicted molar refractivity (Wildman–Crippen MR) is 92.9 cm³/mol. The van der Waals surface area contributed by atoms with Crippen molar-refractivity contribution in [2.45, 2.75) is 25.3 Å². The van der Waals surface area contributed by atoms with E-state index in [0.717, 1.165) is 17.0 Å². The molecule has 1 saturated heterocycles. The molecule has 10 heteroatoms. The molecule has 3 amide bonds. The van der Waals surface area contributed by atoms with Crippen LogP contribution >= 0.6 is 23.2 Å². The first-order chi connectivity index (χ1) is 12.2. The van der Waals surface area contributed by atoms with Gasteiger partial charge in [0.1, 0.15) is 5.71 Å². The molecule has 0 aromatic heterocycles. The van der Waals surface area contributed by atoms with E-state index in [1.165, 1.54) is 25.1 Å². The third-order valence-corrected chi connectivity index (χ3v) is 5.00. The fourth-order valence-electron chi connectivity index (χ4n) is 3.12. The van der Waals surface area contributed by atoms with Crippen LogP contribution in [0.15, 0.2) is 23.3 Å². The Morgan fingerprint density at radius 1 is 1.19 bits per heavy atom. The van der Waals surface area contributed by atoms with Crippen molar-refractivity contribution in [2.24, 2.45) is 5.10 Å². The summed E-state index contributed by atoms with van der Waals surface area (Å²) < 4.78 is 4.62. The van der Waals surface area contributed by atoms with Crippen LogP contribution in [0.4, 0.5) is 5.69 Å². The molecule has 0 saturated carbocycles. The summed E-state index contributed by atoms with van der Waals surface area (Å²) in [7, 11) is 1.16. The summed E-state index contributed by atoms with van der Waals surface area (Å²) in [5.74, 6) is -2.54. The number of rotatable bonds is 2. The monoisotopic (exact) mass is 397 g/mol. The summed E-state index contributed by atoms with van der Waals surface area (Å²) in [4.78, 5) is 50.4. The minimum Gasteiger partial charge on any atom is -0.464 e. The number of hydrazone groups is 1. The number of nitrogens with zero attached hydrogens (tertiary/aromatic N) is 3. The number of hydrogen-bond acceptors (Lipinski definition) is 6. The molecule has 0 bridgehead atoms. The van der Waals surface area contributed by atoms with Gasteiger partial charge < -0.3 is 4.74 Å². The second-order valence-corrected chi connectivity index (χ2v) is 6.70. The van der Waals surface area contributed by atoms with E-state index in [1.54, 1.807) is 0 Å². The zero-order valence-corrected chi connectivity index (χ0v) is 15.3. The molecule has 2 aliphatic rings. The summed E-state index contributed by atoms with van der Waals surface area (Å²) >= 11 is 11.8. The Bertz CT molecular complexity index is 885. The average molecular weight is 398 g/mol. The van der Waals surface area contributed by atoms with E-state index >= 15 is 0 Å². The highest BCUT2D eigenvalue weighted by Crippen LogP contribution is 2.41. The van der Waals surface area contributed by atoms with Crippen LogP contribution in [0.2, 0.25) is 10.0 Å². The van der Waals surface area contributed by atoms with Crippen LogP contribution < -0.4 is 4.90 Å². The number of benzene rings is 1. The zero-order chi connectivity index (χ0) is 19.2. The average Bonchev–Trinajstić information content (AvgIpc) is 3.08. The molecule has 0 aliphatic carbocycles. The molecule has 26 heavy (non-hydrogen) atoms. The van der Waals surface area contributed by atoms with Crippen molar-refractivity contribution in [3.8, 4) is 0 Å². The van der Waals surface area contributed by atoms with Crippen LogP contribution in [0.3, 0.4) is 0 Å². The van der Waals surface area contributed by atoms with Crippen molar-refractivity contribution in [2.75, 3.05) is 12.0 Å². The normalized spacial score (nSPS) is 22.2. The maximum atomic E-state index is 13.1. The van der Waals surface area contributed by atoms with Gasteiger partial charge in [-0.25, -0.2) is 14.7 Å². The van der Waals surface area contributed by atoms with Gasteiger partial charge >= 0.3 is 5.97 Å². The number of hydrogen-bond donors (Lipinski definition) is 0. The number of carbonyl (C=O) groups excluding carboxylic acids is 4. The number of ether oxygens (including phenoxy) is 1. The van der Waals surface area contributed by atoms with Crippen molar-refractivity contribution < 1.29 is 23.9 Å². The number of halogens is 2. The molecule has 0 radical (unpaired) electrons. The Labute approximate surface area is 158 Å². The summed E-state index contributed by atoms with van der Waals surface area (Å²) in [5.41, 5.74) is -1.46. The van der Waals surface area contributed by atoms with Crippen molar-refractivity contribution in [3.05, 3.63) is 28.2 Å². The van der Waals surface area contributed by atoms with Gasteiger partial charge in [-0.3, -0.25) is 14.4 Å². The number of carbonyl (C=O) groups is 4. The Kier molecular flexibility index (Phi) is 4.49. The molecule has 2 heterocycles. The molecule has 1 unspecified atom stereocenters. The minimum atomic E-state index is -1.58. The molecule has 1 atom stereocenters. The van der Waals surface area contributed by atoms with Crippen molar-refractivity contribution in [3.63, 3.8) is 0 Å². The summed E-state index contributed by atoms with van der Waals surface area (Å²) in [6, 6.07) is 4.31. The standard InChI is InChI=1S/C16H13Cl2N3O5/c1-8(22)21-16(6-12(19-21)14(24)26-2)7-13(23)20(15(16)25)9-3-4-10(17)11(18)5-9/h3-5H,6-7H2,1-2H3. The highest BCUT2D eigenvalue weighted by Gasteiger charge is 2.61. The van der Waals surface area contributed by atoms with E-state index in [2.05, 4.69) is 9.84 Å². The molecule has 0 N–H and O–H groups in total. The van der Waals surface area contributed by atoms with Gasteiger partial charge in [0.2, 0.25) is 11.8 Å². The van der Waals surface area contributed by atoms with Crippen molar-refractivity contribution in [1.29, 1.82) is 0 Å². The largest absolute Gasteiger partial charge is 0.464 e. The predicted octanol–water partition coefficient (Wildman–Crippen LogP) is 1.78. The van der Waals surface area contributed by atoms with Crippen LogP contribution in [-0.4, -0.2) is 47.1 Å². The lowest BCUT2D eigenvalue weighted by Crippen LogP contribution is -2.51. The Balaban J connectivity index is 2.03. The highest BCUT2D eigenvalue weighted by molar-refractivity contribution is 6.42. The Morgan fingerprint density at radius 3 is 2.46 bits per heavy atom. The molecule has 136 valence electrons. The quantitative estimate of drug-likeness (QED) is 0.559.